The number of benzene rings is 2. The molecule has 1 aliphatic carbocycles. The van der Waals surface area contributed by atoms with Crippen LogP contribution < -0.4 is 10.6 Å². The van der Waals surface area contributed by atoms with E-state index in [9.17, 15) is 24.8 Å². The van der Waals surface area contributed by atoms with Crippen LogP contribution in [0, 0.1) is 10.1 Å². The minimum absolute atomic E-state index is 0.0671. The summed E-state index contributed by atoms with van der Waals surface area (Å²) in [7, 11) is 0. The highest BCUT2D eigenvalue weighted by Gasteiger charge is 2.37. The van der Waals surface area contributed by atoms with Gasteiger partial charge in [-0.15, -0.1) is 0 Å². The number of anilines is 1. The summed E-state index contributed by atoms with van der Waals surface area (Å²) in [5.41, 5.74) is 0.137. The first-order valence-corrected chi connectivity index (χ1v) is 8.04. The second-order valence-corrected chi connectivity index (χ2v) is 6.10. The van der Waals surface area contributed by atoms with Crippen molar-refractivity contribution in [3.8, 4) is 0 Å². The van der Waals surface area contributed by atoms with Gasteiger partial charge < -0.3 is 15.7 Å². The van der Waals surface area contributed by atoms with E-state index in [-0.39, 0.29) is 17.9 Å². The van der Waals surface area contributed by atoms with Crippen LogP contribution in [0.5, 0.6) is 0 Å². The summed E-state index contributed by atoms with van der Waals surface area (Å²) < 4.78 is 0. The largest absolute Gasteiger partial charge is 0.383 e. The van der Waals surface area contributed by atoms with Gasteiger partial charge in [-0.1, -0.05) is 36.4 Å². The lowest BCUT2D eigenvalue weighted by molar-refractivity contribution is -0.383. The van der Waals surface area contributed by atoms with Crippen molar-refractivity contribution in [2.75, 3.05) is 11.9 Å². The van der Waals surface area contributed by atoms with Crippen LogP contribution in [0.15, 0.2) is 48.5 Å². The maximum absolute atomic E-state index is 12.0. The molecule has 0 aromatic heterocycles. The van der Waals surface area contributed by atoms with E-state index in [0.29, 0.717) is 12.8 Å². The first-order valence-electron chi connectivity index (χ1n) is 8.04. The molecule has 0 saturated heterocycles. The third-order valence-corrected chi connectivity index (χ3v) is 4.42. The molecule has 2 amide bonds. The Kier molecular flexibility index (Phi) is 4.68. The molecule has 8 heteroatoms. The SMILES string of the molecule is O=C(NCC1(O)CCc2ccccc21)C(=O)Nc1ccccc1[N+](=O)[O-]. The molecular formula is C18H17N3O5. The number of fused-ring (bicyclic) bond motifs is 1. The molecule has 0 radical (unpaired) electrons. The van der Waals surface area contributed by atoms with E-state index >= 15 is 0 Å². The Morgan fingerprint density at radius 1 is 1.12 bits per heavy atom. The predicted molar refractivity (Wildman–Crippen MR) is 93.4 cm³/mol. The standard InChI is InChI=1S/C18H17N3O5/c22-16(17(23)20-14-7-3-4-8-15(14)21(25)26)19-11-18(24)10-9-12-5-1-2-6-13(12)18/h1-8,24H,9-11H2,(H,19,22)(H,20,23). The quantitative estimate of drug-likeness (QED) is 0.436. The highest BCUT2D eigenvalue weighted by atomic mass is 16.6. The Morgan fingerprint density at radius 3 is 2.58 bits per heavy atom. The second kappa shape index (κ2) is 6.93. The normalized spacial score (nSPS) is 18.0. The number of aryl methyl sites for hydroxylation is 1. The lowest BCUT2D eigenvalue weighted by Crippen LogP contribution is -2.43. The number of nitrogens with one attached hydrogen (secondary N) is 2. The highest BCUT2D eigenvalue weighted by Crippen LogP contribution is 2.36. The van der Waals surface area contributed by atoms with E-state index in [0.717, 1.165) is 11.1 Å². The summed E-state index contributed by atoms with van der Waals surface area (Å²) in [6.07, 6.45) is 1.13. The summed E-state index contributed by atoms with van der Waals surface area (Å²) in [5, 5.41) is 26.3. The fourth-order valence-electron chi connectivity index (χ4n) is 3.08. The Balaban J connectivity index is 1.64. The number of nitro groups is 1. The molecule has 0 aliphatic heterocycles. The third-order valence-electron chi connectivity index (χ3n) is 4.42. The minimum Gasteiger partial charge on any atom is -0.383 e. The van der Waals surface area contributed by atoms with Crippen molar-refractivity contribution in [1.82, 2.24) is 5.32 Å². The number of carbonyl (C=O) groups is 2. The molecule has 1 aliphatic rings. The number of para-hydroxylation sites is 2. The van der Waals surface area contributed by atoms with Crippen molar-refractivity contribution in [1.29, 1.82) is 0 Å². The number of aliphatic hydroxyl groups is 1. The van der Waals surface area contributed by atoms with Gasteiger partial charge >= 0.3 is 11.8 Å². The first kappa shape index (κ1) is 17.6. The van der Waals surface area contributed by atoms with E-state index in [1.165, 1.54) is 24.3 Å². The number of rotatable bonds is 4. The first-order chi connectivity index (χ1) is 12.4. The number of carbonyl (C=O) groups excluding carboxylic acids is 2. The number of amides is 2. The zero-order valence-electron chi connectivity index (χ0n) is 13.8. The van der Waals surface area contributed by atoms with Crippen LogP contribution in [0.2, 0.25) is 0 Å². The van der Waals surface area contributed by atoms with Gasteiger partial charge in [0.05, 0.1) is 11.5 Å². The third kappa shape index (κ3) is 3.40. The van der Waals surface area contributed by atoms with Crippen molar-refractivity contribution < 1.29 is 19.6 Å². The topological polar surface area (TPSA) is 122 Å². The van der Waals surface area contributed by atoms with Gasteiger partial charge in [0.25, 0.3) is 5.69 Å². The molecule has 1 atom stereocenters. The van der Waals surface area contributed by atoms with Crippen LogP contribution in [0.3, 0.4) is 0 Å². The summed E-state index contributed by atoms with van der Waals surface area (Å²) in [6.45, 7) is -0.118. The predicted octanol–water partition coefficient (Wildman–Crippen LogP) is 1.48. The van der Waals surface area contributed by atoms with E-state index in [2.05, 4.69) is 10.6 Å². The summed E-state index contributed by atoms with van der Waals surface area (Å²) in [6, 6.07) is 12.9. The Labute approximate surface area is 149 Å². The van der Waals surface area contributed by atoms with Crippen molar-refractivity contribution in [2.45, 2.75) is 18.4 Å². The van der Waals surface area contributed by atoms with Gasteiger partial charge in [0.1, 0.15) is 11.3 Å². The molecule has 2 aromatic rings. The lowest BCUT2D eigenvalue weighted by Gasteiger charge is -2.24. The molecule has 26 heavy (non-hydrogen) atoms. The summed E-state index contributed by atoms with van der Waals surface area (Å²) in [4.78, 5) is 34.4. The average Bonchev–Trinajstić information content (AvgIpc) is 2.98. The van der Waals surface area contributed by atoms with Crippen LogP contribution in [-0.2, 0) is 21.6 Å². The molecule has 8 nitrogen and oxygen atoms in total. The second-order valence-electron chi connectivity index (χ2n) is 6.10. The number of hydrogen-bond donors (Lipinski definition) is 3. The van der Waals surface area contributed by atoms with Gasteiger partial charge in [-0.3, -0.25) is 19.7 Å². The van der Waals surface area contributed by atoms with Crippen LogP contribution in [0.25, 0.3) is 0 Å². The number of hydrogen-bond acceptors (Lipinski definition) is 5. The molecular weight excluding hydrogens is 338 g/mol. The summed E-state index contributed by atoms with van der Waals surface area (Å²) in [5.74, 6) is -2.00. The van der Waals surface area contributed by atoms with Crippen LogP contribution in [0.4, 0.5) is 11.4 Å². The molecule has 1 unspecified atom stereocenters. The van der Waals surface area contributed by atoms with Gasteiger partial charge in [-0.25, -0.2) is 0 Å². The molecule has 3 N–H and O–H groups in total. The van der Waals surface area contributed by atoms with E-state index in [4.69, 9.17) is 0 Å². The van der Waals surface area contributed by atoms with Crippen molar-refractivity contribution in [3.63, 3.8) is 0 Å². The minimum atomic E-state index is -1.23. The van der Waals surface area contributed by atoms with Gasteiger partial charge in [0.15, 0.2) is 0 Å². The number of nitro benzene ring substituents is 1. The molecule has 0 fully saturated rings. The van der Waals surface area contributed by atoms with E-state index in [1.807, 2.05) is 12.1 Å². The van der Waals surface area contributed by atoms with Crippen LogP contribution >= 0.6 is 0 Å². The Hall–Kier alpha value is -3.26. The maximum atomic E-state index is 12.0. The van der Waals surface area contributed by atoms with Crippen molar-refractivity contribution in [3.05, 3.63) is 69.8 Å². The fourth-order valence-corrected chi connectivity index (χ4v) is 3.08. The Morgan fingerprint density at radius 2 is 1.81 bits per heavy atom. The lowest BCUT2D eigenvalue weighted by atomic mass is 9.96. The van der Waals surface area contributed by atoms with E-state index < -0.39 is 22.3 Å². The van der Waals surface area contributed by atoms with Crippen molar-refractivity contribution in [2.24, 2.45) is 0 Å². The van der Waals surface area contributed by atoms with Gasteiger partial charge in [-0.05, 0) is 30.0 Å². The average molecular weight is 355 g/mol. The van der Waals surface area contributed by atoms with Gasteiger partial charge in [-0.2, -0.15) is 0 Å². The monoisotopic (exact) mass is 355 g/mol. The molecule has 3 rings (SSSR count). The molecule has 0 saturated carbocycles. The van der Waals surface area contributed by atoms with Crippen LogP contribution in [0.1, 0.15) is 17.5 Å². The Bertz CT molecular complexity index is 883. The van der Waals surface area contributed by atoms with Gasteiger partial charge in [0, 0.05) is 6.07 Å². The zero-order chi connectivity index (χ0) is 18.7. The molecule has 2 aromatic carbocycles. The highest BCUT2D eigenvalue weighted by molar-refractivity contribution is 6.39. The van der Waals surface area contributed by atoms with E-state index in [1.54, 1.807) is 12.1 Å². The number of nitrogens with zero attached hydrogens (tertiary/aromatic N) is 1. The maximum Gasteiger partial charge on any atom is 0.313 e. The van der Waals surface area contributed by atoms with Crippen molar-refractivity contribution >= 4 is 23.2 Å². The zero-order valence-corrected chi connectivity index (χ0v) is 13.8. The van der Waals surface area contributed by atoms with Crippen LogP contribution in [-0.4, -0.2) is 28.4 Å². The molecule has 0 bridgehead atoms. The van der Waals surface area contributed by atoms with Gasteiger partial charge in [0.2, 0.25) is 0 Å². The molecule has 134 valence electrons. The smallest absolute Gasteiger partial charge is 0.313 e. The molecule has 0 spiro atoms. The molecule has 0 heterocycles. The summed E-state index contributed by atoms with van der Waals surface area (Å²) >= 11 is 0. The fraction of sp³-hybridized carbons (Fsp3) is 0.222.